The highest BCUT2D eigenvalue weighted by molar-refractivity contribution is 7.80. The van der Waals surface area contributed by atoms with Crippen LogP contribution in [0.4, 0.5) is 0 Å². The lowest BCUT2D eigenvalue weighted by molar-refractivity contribution is 0.344. The predicted octanol–water partition coefficient (Wildman–Crippen LogP) is 1.71. The number of thiol groups is 1. The van der Waals surface area contributed by atoms with E-state index in [1.54, 1.807) is 0 Å². The molecule has 9 heavy (non-hydrogen) atoms. The minimum absolute atomic E-state index is 0. The highest BCUT2D eigenvalue weighted by atomic mass is 35.5. The van der Waals surface area contributed by atoms with Crippen molar-refractivity contribution >= 4 is 25.0 Å². The summed E-state index contributed by atoms with van der Waals surface area (Å²) in [6.07, 6.45) is 0. The number of nitrogens with two attached hydrogens (primary N) is 1. The molecule has 1 nitrogen and oxygen atoms in total. The van der Waals surface area contributed by atoms with Crippen molar-refractivity contribution in [1.29, 1.82) is 0 Å². The Labute approximate surface area is 69.2 Å². The Balaban J connectivity index is 0. The maximum absolute atomic E-state index is 5.67. The Morgan fingerprint density at radius 2 is 1.78 bits per heavy atom. The fourth-order valence-corrected chi connectivity index (χ4v) is 0.822. The summed E-state index contributed by atoms with van der Waals surface area (Å²) in [6, 6.07) is 0.214. The largest absolute Gasteiger partial charge is 0.326 e. The third-order valence-corrected chi connectivity index (χ3v) is 1.70. The van der Waals surface area contributed by atoms with E-state index in [-0.39, 0.29) is 23.9 Å². The second kappa shape index (κ2) is 4.42. The fourth-order valence-electron chi connectivity index (χ4n) is 0.274. The van der Waals surface area contributed by atoms with Crippen LogP contribution < -0.4 is 5.73 Å². The third-order valence-electron chi connectivity index (χ3n) is 1.31. The highest BCUT2D eigenvalue weighted by Gasteiger charge is 2.17. The van der Waals surface area contributed by atoms with Gasteiger partial charge in [0.1, 0.15) is 0 Å². The molecule has 0 aromatic carbocycles. The average Bonchev–Trinajstić information content (AvgIpc) is 1.62. The lowest BCUT2D eigenvalue weighted by Gasteiger charge is -2.24. The Bertz CT molecular complexity index is 69.9. The van der Waals surface area contributed by atoms with E-state index < -0.39 is 0 Å². The van der Waals surface area contributed by atoms with Crippen LogP contribution in [0.3, 0.4) is 0 Å². The Morgan fingerprint density at radius 3 is 1.78 bits per heavy atom. The van der Waals surface area contributed by atoms with Crippen LogP contribution >= 0.6 is 25.0 Å². The van der Waals surface area contributed by atoms with E-state index in [0.717, 1.165) is 5.75 Å². The van der Waals surface area contributed by atoms with Gasteiger partial charge >= 0.3 is 0 Å². The van der Waals surface area contributed by atoms with Crippen molar-refractivity contribution in [1.82, 2.24) is 0 Å². The van der Waals surface area contributed by atoms with Gasteiger partial charge < -0.3 is 5.73 Å². The molecule has 0 fully saturated rings. The van der Waals surface area contributed by atoms with Crippen LogP contribution in [0.1, 0.15) is 20.8 Å². The van der Waals surface area contributed by atoms with Crippen molar-refractivity contribution < 1.29 is 0 Å². The molecule has 0 bridgehead atoms. The number of halogens is 1. The van der Waals surface area contributed by atoms with Crippen molar-refractivity contribution in [2.45, 2.75) is 26.8 Å². The van der Waals surface area contributed by atoms with Gasteiger partial charge in [0.15, 0.2) is 0 Å². The fraction of sp³-hybridized carbons (Fsp3) is 1.00. The first-order valence-electron chi connectivity index (χ1n) is 2.85. The van der Waals surface area contributed by atoms with Crippen LogP contribution in [0.15, 0.2) is 0 Å². The second-order valence-corrected chi connectivity index (χ2v) is 3.52. The summed E-state index contributed by atoms with van der Waals surface area (Å²) in [7, 11) is 0. The molecule has 3 heteroatoms. The Hall–Kier alpha value is 0.600. The summed E-state index contributed by atoms with van der Waals surface area (Å²) in [5, 5.41) is 0. The van der Waals surface area contributed by atoms with E-state index in [1.165, 1.54) is 0 Å². The summed E-state index contributed by atoms with van der Waals surface area (Å²) < 4.78 is 0. The average molecular weight is 170 g/mol. The maximum Gasteiger partial charge on any atom is 0.0177 e. The zero-order chi connectivity index (χ0) is 6.78. The SMILES string of the molecule is CC(C)(C)C(N)CS.Cl. The van der Waals surface area contributed by atoms with Gasteiger partial charge in [0.05, 0.1) is 0 Å². The minimum Gasteiger partial charge on any atom is -0.326 e. The summed E-state index contributed by atoms with van der Waals surface area (Å²) in [5.41, 5.74) is 5.88. The first kappa shape index (κ1) is 12.3. The van der Waals surface area contributed by atoms with Crippen LogP contribution in [-0.2, 0) is 0 Å². The predicted molar refractivity (Wildman–Crippen MR) is 48.5 cm³/mol. The first-order valence-corrected chi connectivity index (χ1v) is 3.48. The molecule has 0 amide bonds. The lowest BCUT2D eigenvalue weighted by atomic mass is 9.89. The lowest BCUT2D eigenvalue weighted by Crippen LogP contribution is -2.36. The molecule has 1 unspecified atom stereocenters. The van der Waals surface area contributed by atoms with Crippen LogP contribution in [0.5, 0.6) is 0 Å². The highest BCUT2D eigenvalue weighted by Crippen LogP contribution is 2.17. The summed E-state index contributed by atoms with van der Waals surface area (Å²) >= 11 is 4.08. The van der Waals surface area contributed by atoms with Gasteiger partial charge in [-0.2, -0.15) is 12.6 Å². The van der Waals surface area contributed by atoms with Crippen molar-refractivity contribution in [2.24, 2.45) is 11.1 Å². The molecule has 0 spiro atoms. The van der Waals surface area contributed by atoms with Crippen LogP contribution in [0.2, 0.25) is 0 Å². The number of rotatable bonds is 1. The van der Waals surface area contributed by atoms with Gasteiger partial charge in [-0.1, -0.05) is 20.8 Å². The Kier molecular flexibility index (Phi) is 6.04. The van der Waals surface area contributed by atoms with Crippen molar-refractivity contribution in [3.63, 3.8) is 0 Å². The third kappa shape index (κ3) is 5.07. The maximum atomic E-state index is 5.67. The molecule has 1 atom stereocenters. The summed E-state index contributed by atoms with van der Waals surface area (Å²) in [6.45, 7) is 6.36. The summed E-state index contributed by atoms with van der Waals surface area (Å²) in [5.74, 6) is 0.767. The number of hydrogen-bond donors (Lipinski definition) is 2. The van der Waals surface area contributed by atoms with Gasteiger partial charge in [-0.15, -0.1) is 12.4 Å². The van der Waals surface area contributed by atoms with Crippen molar-refractivity contribution in [2.75, 3.05) is 5.75 Å². The van der Waals surface area contributed by atoms with E-state index in [4.69, 9.17) is 5.73 Å². The van der Waals surface area contributed by atoms with Crippen molar-refractivity contribution in [3.8, 4) is 0 Å². The molecule has 0 radical (unpaired) electrons. The first-order chi connectivity index (χ1) is 3.48. The Morgan fingerprint density at radius 1 is 1.44 bits per heavy atom. The van der Waals surface area contributed by atoms with Crippen LogP contribution in [0.25, 0.3) is 0 Å². The van der Waals surface area contributed by atoms with Gasteiger partial charge in [0, 0.05) is 11.8 Å². The number of hydrogen-bond acceptors (Lipinski definition) is 2. The van der Waals surface area contributed by atoms with E-state index in [2.05, 4.69) is 33.4 Å². The molecule has 0 aliphatic heterocycles. The molecule has 0 aliphatic carbocycles. The molecule has 0 heterocycles. The molecule has 0 saturated heterocycles. The molecule has 0 aromatic rings. The molecular weight excluding hydrogens is 154 g/mol. The minimum atomic E-state index is 0. The van der Waals surface area contributed by atoms with E-state index in [1.807, 2.05) is 0 Å². The standard InChI is InChI=1S/C6H15NS.ClH/c1-6(2,3)5(7)4-8;/h5,8H,4,7H2,1-3H3;1H. The molecule has 0 rings (SSSR count). The summed E-state index contributed by atoms with van der Waals surface area (Å²) in [4.78, 5) is 0. The zero-order valence-electron chi connectivity index (χ0n) is 6.22. The van der Waals surface area contributed by atoms with Crippen LogP contribution in [-0.4, -0.2) is 11.8 Å². The van der Waals surface area contributed by atoms with Gasteiger partial charge in [-0.3, -0.25) is 0 Å². The topological polar surface area (TPSA) is 26.0 Å². The molecule has 0 aliphatic rings. The van der Waals surface area contributed by atoms with Gasteiger partial charge in [0.25, 0.3) is 0 Å². The van der Waals surface area contributed by atoms with Gasteiger partial charge in [-0.05, 0) is 5.41 Å². The molecule has 0 aromatic heterocycles. The smallest absolute Gasteiger partial charge is 0.0177 e. The van der Waals surface area contributed by atoms with Gasteiger partial charge in [0.2, 0.25) is 0 Å². The normalized spacial score (nSPS) is 14.3. The quantitative estimate of drug-likeness (QED) is 0.575. The van der Waals surface area contributed by atoms with Crippen molar-refractivity contribution in [3.05, 3.63) is 0 Å². The molecule has 0 saturated carbocycles. The zero-order valence-corrected chi connectivity index (χ0v) is 7.93. The monoisotopic (exact) mass is 169 g/mol. The van der Waals surface area contributed by atoms with Crippen LogP contribution in [0, 0.1) is 5.41 Å². The van der Waals surface area contributed by atoms with Gasteiger partial charge in [-0.25, -0.2) is 0 Å². The molecule has 58 valence electrons. The van der Waals surface area contributed by atoms with E-state index in [0.29, 0.717) is 0 Å². The van der Waals surface area contributed by atoms with E-state index >= 15 is 0 Å². The molecular formula is C6H16ClNS. The van der Waals surface area contributed by atoms with E-state index in [9.17, 15) is 0 Å². The second-order valence-electron chi connectivity index (χ2n) is 3.16. The molecule has 2 N–H and O–H groups in total.